The predicted octanol–water partition coefficient (Wildman–Crippen LogP) is -0.497. The molecule has 7 aliphatic rings. The van der Waals surface area contributed by atoms with Gasteiger partial charge in [0.1, 0.15) is 11.9 Å². The van der Waals surface area contributed by atoms with Crippen LogP contribution in [0.2, 0.25) is 0 Å². The van der Waals surface area contributed by atoms with Crippen molar-refractivity contribution in [2.45, 2.75) is 54.4 Å². The van der Waals surface area contributed by atoms with E-state index in [4.69, 9.17) is 9.47 Å². The van der Waals surface area contributed by atoms with E-state index in [1.165, 1.54) is 7.11 Å². The van der Waals surface area contributed by atoms with Crippen LogP contribution >= 0.6 is 0 Å². The van der Waals surface area contributed by atoms with Gasteiger partial charge >= 0.3 is 0 Å². The van der Waals surface area contributed by atoms with Crippen LogP contribution in [0.25, 0.3) is 0 Å². The molecule has 7 bridgehead atoms. The molecule has 4 saturated carbocycles. The Hall–Kier alpha value is -1.09. The Morgan fingerprint density at radius 3 is 2.55 bits per heavy atom. The molecule has 29 heavy (non-hydrogen) atoms. The molecule has 7 rings (SSSR count). The highest BCUT2D eigenvalue weighted by Gasteiger charge is 2.85. The maximum atomic E-state index is 12.2. The average Bonchev–Trinajstić information content (AvgIpc) is 3.07. The van der Waals surface area contributed by atoms with Gasteiger partial charge in [-0.05, 0) is 25.0 Å². The number of likely N-dealkylation sites (N-methyl/N-ethyl adjacent to an activating group) is 1. The van der Waals surface area contributed by atoms with Crippen LogP contribution in [0.4, 0.5) is 0 Å². The van der Waals surface area contributed by atoms with E-state index in [1.54, 1.807) is 7.11 Å². The number of ether oxygens (including phenoxy) is 2. The van der Waals surface area contributed by atoms with E-state index < -0.39 is 34.7 Å². The lowest BCUT2D eigenvalue weighted by atomic mass is 9.48. The van der Waals surface area contributed by atoms with E-state index in [2.05, 4.69) is 17.6 Å². The van der Waals surface area contributed by atoms with Crippen molar-refractivity contribution in [1.29, 1.82) is 0 Å². The summed E-state index contributed by atoms with van der Waals surface area (Å²) in [5.74, 6) is -1.02. The maximum absolute atomic E-state index is 12.2. The second kappa shape index (κ2) is 5.21. The van der Waals surface area contributed by atoms with Crippen molar-refractivity contribution in [1.82, 2.24) is 4.90 Å². The number of rotatable bonds is 3. The molecule has 1 saturated heterocycles. The summed E-state index contributed by atoms with van der Waals surface area (Å²) in [5, 5.41) is 34.9. The van der Waals surface area contributed by atoms with Gasteiger partial charge in [-0.1, -0.05) is 12.7 Å². The molecule has 2 heterocycles. The minimum absolute atomic E-state index is 0.0481. The van der Waals surface area contributed by atoms with Crippen molar-refractivity contribution in [3.8, 4) is 0 Å². The molecule has 0 amide bonds. The molecule has 3 N–H and O–H groups in total. The fourth-order valence-corrected chi connectivity index (χ4v) is 9.20. The summed E-state index contributed by atoms with van der Waals surface area (Å²) in [7, 11) is 5.19. The number of aliphatic hydroxyl groups excluding tert-OH is 1. The van der Waals surface area contributed by atoms with Crippen LogP contribution in [0.3, 0.4) is 0 Å². The summed E-state index contributed by atoms with van der Waals surface area (Å²) in [6.07, 6.45) is 1.57. The quantitative estimate of drug-likeness (QED) is 0.432. The van der Waals surface area contributed by atoms with Gasteiger partial charge in [0.15, 0.2) is 0 Å². The van der Waals surface area contributed by atoms with E-state index in [0.717, 1.165) is 11.9 Å². The number of hydrogen-bond acceptors (Lipinski definition) is 7. The van der Waals surface area contributed by atoms with E-state index >= 15 is 0 Å². The first-order valence-corrected chi connectivity index (χ1v) is 10.5. The van der Waals surface area contributed by atoms with Gasteiger partial charge in [0.05, 0.1) is 30.0 Å². The van der Waals surface area contributed by atoms with Crippen molar-refractivity contribution in [2.24, 2.45) is 29.1 Å². The van der Waals surface area contributed by atoms with E-state index in [-0.39, 0.29) is 42.4 Å². The Balaban J connectivity index is 1.67. The van der Waals surface area contributed by atoms with Crippen molar-refractivity contribution in [3.63, 3.8) is 0 Å². The van der Waals surface area contributed by atoms with Gasteiger partial charge in [0.2, 0.25) is 0 Å². The largest absolute Gasteiger partial charge is 0.390 e. The number of aliphatic hydroxyl groups is 3. The minimum Gasteiger partial charge on any atom is -0.390 e. The molecule has 5 aliphatic carbocycles. The molecule has 1 spiro atoms. The standard InChI is InChI=1S/C22H29NO6/c1-9-13-17(29-4)15-18-20(13,5-10(8-24)16(9)23(18)2)11-6-21(26)12(28-3)7-22(15,27)14(11)19(21)25/h5,8,11-19,25-27H,1,6-7H2,2-4H3/t11-,12+,13+,14-,15-,16-,17-,18+,19-,20-,21+,22-/m1/s1. The highest BCUT2D eigenvalue weighted by Crippen LogP contribution is 2.77. The normalized spacial score (nSPS) is 61.8. The zero-order chi connectivity index (χ0) is 20.7. The van der Waals surface area contributed by atoms with Gasteiger partial charge in [-0.3, -0.25) is 9.69 Å². The first-order valence-electron chi connectivity index (χ1n) is 10.5. The highest BCUT2D eigenvalue weighted by molar-refractivity contribution is 5.79. The number of carbonyl (C=O) groups excluding carboxylic acids is 1. The highest BCUT2D eigenvalue weighted by atomic mass is 16.5. The van der Waals surface area contributed by atoms with Crippen molar-refractivity contribution in [3.05, 3.63) is 23.8 Å². The molecule has 0 aromatic rings. The monoisotopic (exact) mass is 403 g/mol. The topological polar surface area (TPSA) is 99.5 Å². The van der Waals surface area contributed by atoms with Crippen LogP contribution < -0.4 is 0 Å². The average molecular weight is 403 g/mol. The molecular weight excluding hydrogens is 374 g/mol. The summed E-state index contributed by atoms with van der Waals surface area (Å²) < 4.78 is 11.6. The maximum Gasteiger partial charge on any atom is 0.147 e. The molecule has 0 aromatic carbocycles. The van der Waals surface area contributed by atoms with Crippen LogP contribution in [0.15, 0.2) is 23.8 Å². The zero-order valence-corrected chi connectivity index (χ0v) is 17.0. The Kier molecular flexibility index (Phi) is 3.35. The van der Waals surface area contributed by atoms with E-state index in [9.17, 15) is 20.1 Å². The number of fused-ring (bicyclic) bond motifs is 2. The second-order valence-electron chi connectivity index (χ2n) is 10.2. The second-order valence-corrected chi connectivity index (χ2v) is 10.2. The van der Waals surface area contributed by atoms with Gasteiger partial charge in [0, 0.05) is 55.4 Å². The fourth-order valence-electron chi connectivity index (χ4n) is 9.20. The summed E-state index contributed by atoms with van der Waals surface area (Å²) >= 11 is 0. The molecule has 7 nitrogen and oxygen atoms in total. The number of methoxy groups -OCH3 is 2. The first kappa shape index (κ1) is 18.7. The third kappa shape index (κ3) is 1.61. The fraction of sp³-hybridized carbons (Fsp3) is 0.773. The summed E-state index contributed by atoms with van der Waals surface area (Å²) in [4.78, 5) is 14.2. The third-order valence-corrected chi connectivity index (χ3v) is 9.79. The zero-order valence-electron chi connectivity index (χ0n) is 17.0. The molecular formula is C22H29NO6. The lowest BCUT2D eigenvalue weighted by molar-refractivity contribution is -0.257. The van der Waals surface area contributed by atoms with Gasteiger partial charge in [-0.2, -0.15) is 0 Å². The van der Waals surface area contributed by atoms with Crippen molar-refractivity contribution in [2.75, 3.05) is 21.3 Å². The Morgan fingerprint density at radius 1 is 1.21 bits per heavy atom. The van der Waals surface area contributed by atoms with Crippen LogP contribution in [-0.2, 0) is 14.3 Å². The summed E-state index contributed by atoms with van der Waals surface area (Å²) in [6, 6.07) is -0.231. The predicted molar refractivity (Wildman–Crippen MR) is 102 cm³/mol. The van der Waals surface area contributed by atoms with Crippen molar-refractivity contribution < 1.29 is 29.6 Å². The number of carbonyl (C=O) groups is 1. The molecule has 2 aliphatic heterocycles. The minimum atomic E-state index is -1.40. The Morgan fingerprint density at radius 2 is 1.93 bits per heavy atom. The number of nitrogens with zero attached hydrogens (tertiary/aromatic N) is 1. The summed E-state index contributed by atoms with van der Waals surface area (Å²) in [5.41, 5.74) is -1.50. The SMILES string of the molecule is C=C1[C@@H]2C(C=O)=C[C@@]34[C@@H]5C[C@]6(O)[C@@H](OC)C[C@](O)([C@H]([C@H](OC)[C@H]13)[C@@H]4N2C)[C@H]5[C@H]6O. The first-order chi connectivity index (χ1) is 13.7. The van der Waals surface area contributed by atoms with Gasteiger partial charge < -0.3 is 24.8 Å². The third-order valence-electron chi connectivity index (χ3n) is 9.79. The molecule has 5 fully saturated rings. The lowest BCUT2D eigenvalue weighted by Crippen LogP contribution is -2.73. The van der Waals surface area contributed by atoms with Crippen molar-refractivity contribution >= 4 is 6.29 Å². The molecule has 12 atom stereocenters. The smallest absolute Gasteiger partial charge is 0.147 e. The molecule has 0 radical (unpaired) electrons. The molecule has 7 heteroatoms. The Bertz CT molecular complexity index is 858. The van der Waals surface area contributed by atoms with Crippen LogP contribution in [0.5, 0.6) is 0 Å². The van der Waals surface area contributed by atoms with Crippen LogP contribution in [-0.4, -0.2) is 89.4 Å². The van der Waals surface area contributed by atoms with E-state index in [1.807, 2.05) is 7.05 Å². The van der Waals surface area contributed by atoms with E-state index in [0.29, 0.717) is 12.0 Å². The molecule has 0 unspecified atom stereocenters. The van der Waals surface area contributed by atoms with Crippen LogP contribution in [0.1, 0.15) is 12.8 Å². The number of piperidine rings is 1. The molecule has 0 aromatic heterocycles. The lowest BCUT2D eigenvalue weighted by Gasteiger charge is -2.65. The number of aldehydes is 1. The van der Waals surface area contributed by atoms with Gasteiger partial charge in [0.25, 0.3) is 0 Å². The van der Waals surface area contributed by atoms with Gasteiger partial charge in [-0.15, -0.1) is 0 Å². The summed E-state index contributed by atoms with van der Waals surface area (Å²) in [6.45, 7) is 4.39. The van der Waals surface area contributed by atoms with Gasteiger partial charge in [-0.25, -0.2) is 0 Å². The molecule has 158 valence electrons. The Labute approximate surface area is 170 Å². The van der Waals surface area contributed by atoms with Crippen LogP contribution in [0, 0.1) is 29.1 Å². The number of hydrogen-bond donors (Lipinski definition) is 3.